The van der Waals surface area contributed by atoms with Gasteiger partial charge in [-0.05, 0) is 31.4 Å². The van der Waals surface area contributed by atoms with E-state index in [4.69, 9.17) is 4.74 Å². The van der Waals surface area contributed by atoms with Crippen LogP contribution in [-0.2, 0) is 4.74 Å². The zero-order valence-corrected chi connectivity index (χ0v) is 9.87. The maximum atomic E-state index is 6.22. The Labute approximate surface area is 91.2 Å². The van der Waals surface area contributed by atoms with Gasteiger partial charge in [-0.3, -0.25) is 5.32 Å². The van der Waals surface area contributed by atoms with Crippen LogP contribution in [0.15, 0.2) is 0 Å². The van der Waals surface area contributed by atoms with Crippen LogP contribution in [0.25, 0.3) is 0 Å². The molecule has 2 rings (SSSR count). The van der Waals surface area contributed by atoms with E-state index in [0.717, 1.165) is 12.3 Å². The Hall–Kier alpha value is 0.270. The molecule has 2 atom stereocenters. The Morgan fingerprint density at radius 3 is 3.21 bits per heavy atom. The molecular weight excluding hydrogens is 194 g/mol. The lowest BCUT2D eigenvalue weighted by Gasteiger charge is -2.44. The first-order valence-corrected chi connectivity index (χ1v) is 7.01. The van der Waals surface area contributed by atoms with Crippen molar-refractivity contribution >= 4 is 11.8 Å². The lowest BCUT2D eigenvalue weighted by Crippen LogP contribution is -2.57. The zero-order chi connectivity index (χ0) is 9.86. The Balaban J connectivity index is 1.91. The van der Waals surface area contributed by atoms with Crippen LogP contribution >= 0.6 is 11.8 Å². The molecule has 2 aliphatic heterocycles. The van der Waals surface area contributed by atoms with Crippen molar-refractivity contribution in [3.8, 4) is 0 Å². The number of ether oxygens (including phenoxy) is 1. The summed E-state index contributed by atoms with van der Waals surface area (Å²) in [6.07, 6.45) is 6.69. The minimum Gasteiger partial charge on any atom is -0.356 e. The molecule has 2 heterocycles. The second-order valence-corrected chi connectivity index (χ2v) is 5.50. The van der Waals surface area contributed by atoms with Gasteiger partial charge in [0.25, 0.3) is 0 Å². The smallest absolute Gasteiger partial charge is 0.128 e. The number of rotatable bonds is 2. The number of hydrogen-bond donors (Lipinski definition) is 1. The summed E-state index contributed by atoms with van der Waals surface area (Å²) in [5.74, 6) is 2.46. The second kappa shape index (κ2) is 4.86. The van der Waals surface area contributed by atoms with E-state index in [1.165, 1.54) is 37.9 Å². The number of nitrogens with one attached hydrogen (secondary N) is 1. The van der Waals surface area contributed by atoms with Gasteiger partial charge in [-0.25, -0.2) is 0 Å². The van der Waals surface area contributed by atoms with Gasteiger partial charge in [-0.15, -0.1) is 0 Å². The molecule has 0 aliphatic carbocycles. The van der Waals surface area contributed by atoms with Gasteiger partial charge in [0.2, 0.25) is 0 Å². The second-order valence-electron chi connectivity index (χ2n) is 4.39. The molecule has 0 aromatic rings. The topological polar surface area (TPSA) is 21.3 Å². The van der Waals surface area contributed by atoms with Crippen molar-refractivity contribution in [2.24, 2.45) is 0 Å². The molecule has 0 radical (unpaired) electrons. The fraction of sp³-hybridized carbons (Fsp3) is 1.00. The van der Waals surface area contributed by atoms with E-state index in [2.05, 4.69) is 12.2 Å². The SMILES string of the molecule is CCCC1CCNC2(CCCSC2)O1. The number of thioether (sulfide) groups is 1. The predicted octanol–water partition coefficient (Wildman–Crippen LogP) is 2.39. The van der Waals surface area contributed by atoms with Crippen LogP contribution < -0.4 is 5.32 Å². The molecule has 2 saturated heterocycles. The van der Waals surface area contributed by atoms with Gasteiger partial charge in [-0.2, -0.15) is 11.8 Å². The largest absolute Gasteiger partial charge is 0.356 e. The molecule has 2 fully saturated rings. The summed E-state index contributed by atoms with van der Waals surface area (Å²) in [6, 6.07) is 0. The summed E-state index contributed by atoms with van der Waals surface area (Å²) in [4.78, 5) is 0. The monoisotopic (exact) mass is 215 g/mol. The molecule has 2 nitrogen and oxygen atoms in total. The molecule has 0 bridgehead atoms. The van der Waals surface area contributed by atoms with Crippen LogP contribution in [0, 0.1) is 0 Å². The average molecular weight is 215 g/mol. The van der Waals surface area contributed by atoms with Gasteiger partial charge in [-0.1, -0.05) is 13.3 Å². The maximum Gasteiger partial charge on any atom is 0.128 e. The molecule has 0 saturated carbocycles. The molecule has 14 heavy (non-hydrogen) atoms. The molecule has 2 aliphatic rings. The van der Waals surface area contributed by atoms with Gasteiger partial charge in [0.1, 0.15) is 5.72 Å². The fourth-order valence-corrected chi connectivity index (χ4v) is 3.54. The molecule has 1 N–H and O–H groups in total. The molecule has 0 aromatic heterocycles. The lowest BCUT2D eigenvalue weighted by atomic mass is 10.0. The highest BCUT2D eigenvalue weighted by Gasteiger charge is 2.37. The van der Waals surface area contributed by atoms with Crippen molar-refractivity contribution in [1.29, 1.82) is 0 Å². The third-order valence-electron chi connectivity index (χ3n) is 3.12. The standard InChI is InChI=1S/C11H21NOS/c1-2-4-10-5-7-12-11(13-10)6-3-8-14-9-11/h10,12H,2-9H2,1H3. The normalized spacial score (nSPS) is 38.8. The molecular formula is C11H21NOS. The van der Waals surface area contributed by atoms with Crippen molar-refractivity contribution < 1.29 is 4.74 Å². The Morgan fingerprint density at radius 1 is 1.57 bits per heavy atom. The average Bonchev–Trinajstić information content (AvgIpc) is 2.19. The van der Waals surface area contributed by atoms with Crippen LogP contribution in [0.1, 0.15) is 39.0 Å². The zero-order valence-electron chi connectivity index (χ0n) is 9.05. The molecule has 0 aromatic carbocycles. The Kier molecular flexibility index (Phi) is 3.74. The predicted molar refractivity (Wildman–Crippen MR) is 61.7 cm³/mol. The Bertz CT molecular complexity index is 173. The van der Waals surface area contributed by atoms with Gasteiger partial charge >= 0.3 is 0 Å². The first-order chi connectivity index (χ1) is 6.85. The fourth-order valence-electron chi connectivity index (χ4n) is 2.41. The van der Waals surface area contributed by atoms with E-state index in [1.54, 1.807) is 0 Å². The lowest BCUT2D eigenvalue weighted by molar-refractivity contribution is -0.136. The summed E-state index contributed by atoms with van der Waals surface area (Å²) in [7, 11) is 0. The van der Waals surface area contributed by atoms with Crippen molar-refractivity contribution in [1.82, 2.24) is 5.32 Å². The maximum absolute atomic E-state index is 6.22. The van der Waals surface area contributed by atoms with E-state index >= 15 is 0 Å². The van der Waals surface area contributed by atoms with Crippen molar-refractivity contribution in [2.45, 2.75) is 50.9 Å². The highest BCUT2D eigenvalue weighted by molar-refractivity contribution is 7.99. The van der Waals surface area contributed by atoms with E-state index in [-0.39, 0.29) is 5.72 Å². The van der Waals surface area contributed by atoms with Crippen LogP contribution in [-0.4, -0.2) is 29.9 Å². The van der Waals surface area contributed by atoms with Crippen LogP contribution in [0.4, 0.5) is 0 Å². The molecule has 0 amide bonds. The van der Waals surface area contributed by atoms with Crippen LogP contribution in [0.5, 0.6) is 0 Å². The summed E-state index contributed by atoms with van der Waals surface area (Å²) in [5.41, 5.74) is 0.0427. The van der Waals surface area contributed by atoms with Crippen LogP contribution in [0.2, 0.25) is 0 Å². The Morgan fingerprint density at radius 2 is 2.50 bits per heavy atom. The minimum absolute atomic E-state index is 0.0427. The third kappa shape index (κ3) is 2.44. The highest BCUT2D eigenvalue weighted by atomic mass is 32.2. The first-order valence-electron chi connectivity index (χ1n) is 5.85. The van der Waals surface area contributed by atoms with E-state index < -0.39 is 0 Å². The van der Waals surface area contributed by atoms with Gasteiger partial charge in [0.15, 0.2) is 0 Å². The summed E-state index contributed by atoms with van der Waals surface area (Å²) < 4.78 is 6.22. The molecule has 2 unspecified atom stereocenters. The van der Waals surface area contributed by atoms with Crippen LogP contribution in [0.3, 0.4) is 0 Å². The highest BCUT2D eigenvalue weighted by Crippen LogP contribution is 2.32. The van der Waals surface area contributed by atoms with Gasteiger partial charge in [0, 0.05) is 12.3 Å². The van der Waals surface area contributed by atoms with Crippen molar-refractivity contribution in [3.05, 3.63) is 0 Å². The number of hydrogen-bond acceptors (Lipinski definition) is 3. The first kappa shape index (κ1) is 10.8. The quantitative estimate of drug-likeness (QED) is 0.764. The minimum atomic E-state index is 0.0427. The van der Waals surface area contributed by atoms with Crippen molar-refractivity contribution in [2.75, 3.05) is 18.1 Å². The van der Waals surface area contributed by atoms with E-state index in [0.29, 0.717) is 6.10 Å². The third-order valence-corrected chi connectivity index (χ3v) is 4.37. The molecule has 1 spiro atoms. The van der Waals surface area contributed by atoms with Crippen molar-refractivity contribution in [3.63, 3.8) is 0 Å². The summed E-state index contributed by atoms with van der Waals surface area (Å²) in [6.45, 7) is 3.39. The van der Waals surface area contributed by atoms with E-state index in [9.17, 15) is 0 Å². The summed E-state index contributed by atoms with van der Waals surface area (Å²) in [5, 5.41) is 3.58. The molecule has 3 heteroatoms. The molecule has 82 valence electrons. The summed E-state index contributed by atoms with van der Waals surface area (Å²) >= 11 is 2.03. The van der Waals surface area contributed by atoms with E-state index in [1.807, 2.05) is 11.8 Å². The van der Waals surface area contributed by atoms with Gasteiger partial charge in [0.05, 0.1) is 6.10 Å². The van der Waals surface area contributed by atoms with Gasteiger partial charge < -0.3 is 4.74 Å².